The maximum Gasteiger partial charge on any atom is 0.308 e. The van der Waals surface area contributed by atoms with E-state index in [1.807, 2.05) is 33.3 Å². The Bertz CT molecular complexity index is 479. The maximum atomic E-state index is 12.0. The lowest BCUT2D eigenvalue weighted by Gasteiger charge is -2.28. The summed E-state index contributed by atoms with van der Waals surface area (Å²) in [5.74, 6) is -1.57. The van der Waals surface area contributed by atoms with Gasteiger partial charge in [-0.05, 0) is 25.7 Å². The number of esters is 1. The molecule has 0 aliphatic heterocycles. The molecule has 6 heteroatoms. The van der Waals surface area contributed by atoms with Gasteiger partial charge in [0.05, 0.1) is 40.1 Å². The van der Waals surface area contributed by atoms with Crippen LogP contribution < -0.4 is 0 Å². The Kier molecular flexibility index (Phi) is 13.5. The molecule has 27 heavy (non-hydrogen) atoms. The first kappa shape index (κ1) is 25.3. The van der Waals surface area contributed by atoms with Gasteiger partial charge < -0.3 is 19.4 Å². The lowest BCUT2D eigenvalue weighted by atomic mass is 10.1. The number of carboxylic acid groups (broad SMARTS) is 1. The lowest BCUT2D eigenvalue weighted by molar-refractivity contribution is -0.873. The molecule has 0 aliphatic rings. The molecule has 0 aromatic rings. The highest BCUT2D eigenvalue weighted by atomic mass is 16.5. The molecule has 0 rings (SSSR count). The normalized spacial score (nSPS) is 14.6. The van der Waals surface area contributed by atoms with Crippen LogP contribution in [-0.2, 0) is 14.3 Å². The molecule has 0 saturated heterocycles. The van der Waals surface area contributed by atoms with Crippen molar-refractivity contribution in [1.29, 1.82) is 0 Å². The number of ether oxygens (including phenoxy) is 1. The Labute approximate surface area is 164 Å². The van der Waals surface area contributed by atoms with Crippen molar-refractivity contribution >= 4 is 11.9 Å². The van der Waals surface area contributed by atoms with E-state index in [0.717, 1.165) is 12.8 Å². The van der Waals surface area contributed by atoms with Crippen LogP contribution in [0.25, 0.3) is 0 Å². The van der Waals surface area contributed by atoms with Crippen LogP contribution in [0.2, 0.25) is 0 Å². The third kappa shape index (κ3) is 17.5. The van der Waals surface area contributed by atoms with E-state index >= 15 is 0 Å². The molecule has 6 nitrogen and oxygen atoms in total. The molecule has 0 fully saturated rings. The van der Waals surface area contributed by atoms with Gasteiger partial charge in [0.15, 0.2) is 6.10 Å². The topological polar surface area (TPSA) is 83.8 Å². The van der Waals surface area contributed by atoms with Crippen molar-refractivity contribution in [2.45, 2.75) is 70.5 Å². The van der Waals surface area contributed by atoms with Crippen molar-refractivity contribution in [3.05, 3.63) is 24.3 Å². The summed E-state index contributed by atoms with van der Waals surface area (Å²) in [5.41, 5.74) is 0. The zero-order valence-corrected chi connectivity index (χ0v) is 17.4. The van der Waals surface area contributed by atoms with Gasteiger partial charge in [-0.3, -0.25) is 9.59 Å². The minimum atomic E-state index is -1.01. The molecule has 2 atom stereocenters. The van der Waals surface area contributed by atoms with E-state index < -0.39 is 24.1 Å². The van der Waals surface area contributed by atoms with E-state index in [-0.39, 0.29) is 12.8 Å². The predicted molar refractivity (Wildman–Crippen MR) is 107 cm³/mol. The Hall–Kier alpha value is -1.66. The lowest BCUT2D eigenvalue weighted by Crippen LogP contribution is -2.44. The molecule has 0 aromatic carbocycles. The van der Waals surface area contributed by atoms with Gasteiger partial charge in [0, 0.05) is 0 Å². The van der Waals surface area contributed by atoms with Crippen LogP contribution in [0.1, 0.15) is 58.3 Å². The zero-order chi connectivity index (χ0) is 20.7. The number of aliphatic carboxylic acids is 1. The number of unbranched alkanes of at least 4 members (excludes halogenated alkanes) is 3. The van der Waals surface area contributed by atoms with Gasteiger partial charge in [-0.1, -0.05) is 44.1 Å². The maximum absolute atomic E-state index is 12.0. The number of nitrogens with zero attached hydrogens (tertiary/aromatic N) is 1. The summed E-state index contributed by atoms with van der Waals surface area (Å²) >= 11 is 0. The number of quaternary nitrogens is 1. The third-order valence-corrected chi connectivity index (χ3v) is 3.84. The number of aliphatic hydroxyl groups is 1. The zero-order valence-electron chi connectivity index (χ0n) is 17.4. The van der Waals surface area contributed by atoms with E-state index in [2.05, 4.69) is 19.1 Å². The molecule has 0 bridgehead atoms. The van der Waals surface area contributed by atoms with Crippen molar-refractivity contribution in [3.63, 3.8) is 0 Å². The van der Waals surface area contributed by atoms with Gasteiger partial charge >= 0.3 is 11.9 Å². The number of hydrogen-bond donors (Lipinski definition) is 2. The standard InChI is InChI=1S/C21H37NO5/c1-5-6-7-8-9-10-11-12-13-14-18(23)15-21(26)27-19(16-20(24)25)17-22(2,3)4/h9-10,12-13,18-19,23H,5-8,11,14-17H2,1-4H3/p+1/b10-9-,13-12-. The van der Waals surface area contributed by atoms with Gasteiger partial charge in [-0.2, -0.15) is 0 Å². The first-order valence-corrected chi connectivity index (χ1v) is 9.83. The predicted octanol–water partition coefficient (Wildman–Crippen LogP) is 3.30. The molecule has 2 N–H and O–H groups in total. The molecular weight excluding hydrogens is 346 g/mol. The van der Waals surface area contributed by atoms with Crippen LogP contribution in [0.3, 0.4) is 0 Å². The fraction of sp³-hybridized carbons (Fsp3) is 0.714. The number of rotatable bonds is 15. The van der Waals surface area contributed by atoms with Crippen molar-refractivity contribution in [2.75, 3.05) is 27.7 Å². The smallest absolute Gasteiger partial charge is 0.308 e. The summed E-state index contributed by atoms with van der Waals surface area (Å²) in [5, 5.41) is 18.9. The molecule has 2 unspecified atom stereocenters. The van der Waals surface area contributed by atoms with Crippen LogP contribution in [-0.4, -0.2) is 66.5 Å². The summed E-state index contributed by atoms with van der Waals surface area (Å²) in [6.07, 6.45) is 12.2. The van der Waals surface area contributed by atoms with Gasteiger partial charge in [-0.15, -0.1) is 0 Å². The van der Waals surface area contributed by atoms with Crippen molar-refractivity contribution in [3.8, 4) is 0 Å². The summed E-state index contributed by atoms with van der Waals surface area (Å²) in [7, 11) is 5.71. The molecular formula is C21H38NO5+. The van der Waals surface area contributed by atoms with E-state index in [1.54, 1.807) is 0 Å². The molecule has 0 aromatic heterocycles. The van der Waals surface area contributed by atoms with Gasteiger partial charge in [-0.25, -0.2) is 0 Å². The Balaban J connectivity index is 4.16. The van der Waals surface area contributed by atoms with Crippen LogP contribution in [0.5, 0.6) is 0 Å². The van der Waals surface area contributed by atoms with Crippen LogP contribution in [0, 0.1) is 0 Å². The van der Waals surface area contributed by atoms with Crippen LogP contribution >= 0.6 is 0 Å². The van der Waals surface area contributed by atoms with Crippen LogP contribution in [0.4, 0.5) is 0 Å². The molecule has 156 valence electrons. The number of carbonyl (C=O) groups excluding carboxylic acids is 1. The SMILES string of the molecule is CCCCC/C=C\C/C=C\CC(O)CC(=O)OC(CC(=O)O)C[N+](C)(C)C. The monoisotopic (exact) mass is 384 g/mol. The summed E-state index contributed by atoms with van der Waals surface area (Å²) < 4.78 is 5.76. The second-order valence-corrected chi connectivity index (χ2v) is 7.95. The van der Waals surface area contributed by atoms with Gasteiger partial charge in [0.1, 0.15) is 6.54 Å². The fourth-order valence-corrected chi connectivity index (χ4v) is 2.61. The summed E-state index contributed by atoms with van der Waals surface area (Å²) in [6, 6.07) is 0. The number of aliphatic hydroxyl groups excluding tert-OH is 1. The van der Waals surface area contributed by atoms with Crippen molar-refractivity contribution in [1.82, 2.24) is 0 Å². The second-order valence-electron chi connectivity index (χ2n) is 7.95. The minimum Gasteiger partial charge on any atom is -0.481 e. The molecule has 0 heterocycles. The number of carboxylic acids is 1. The van der Waals surface area contributed by atoms with Crippen LogP contribution in [0.15, 0.2) is 24.3 Å². The van der Waals surface area contributed by atoms with E-state index in [1.165, 1.54) is 19.3 Å². The first-order valence-electron chi connectivity index (χ1n) is 9.83. The van der Waals surface area contributed by atoms with E-state index in [0.29, 0.717) is 17.4 Å². The second kappa shape index (κ2) is 14.4. The summed E-state index contributed by atoms with van der Waals surface area (Å²) in [6.45, 7) is 2.59. The number of hydrogen-bond acceptors (Lipinski definition) is 4. The first-order chi connectivity index (χ1) is 12.6. The molecule has 0 radical (unpaired) electrons. The average molecular weight is 385 g/mol. The number of carbonyl (C=O) groups is 2. The van der Waals surface area contributed by atoms with Crippen molar-refractivity contribution < 1.29 is 29.0 Å². The molecule has 0 amide bonds. The highest BCUT2D eigenvalue weighted by Gasteiger charge is 2.25. The molecule has 0 aliphatic carbocycles. The Morgan fingerprint density at radius 1 is 1.04 bits per heavy atom. The fourth-order valence-electron chi connectivity index (χ4n) is 2.61. The van der Waals surface area contributed by atoms with E-state index in [9.17, 15) is 14.7 Å². The summed E-state index contributed by atoms with van der Waals surface area (Å²) in [4.78, 5) is 22.9. The Morgan fingerprint density at radius 2 is 1.70 bits per heavy atom. The van der Waals surface area contributed by atoms with Crippen molar-refractivity contribution in [2.24, 2.45) is 0 Å². The molecule has 0 spiro atoms. The average Bonchev–Trinajstić information content (AvgIpc) is 2.50. The number of allylic oxidation sites excluding steroid dienone is 3. The molecule has 0 saturated carbocycles. The van der Waals surface area contributed by atoms with E-state index in [4.69, 9.17) is 9.84 Å². The quantitative estimate of drug-likeness (QED) is 0.196. The number of likely N-dealkylation sites (N-methyl/N-ethyl adjacent to an activating group) is 1. The Morgan fingerprint density at radius 3 is 2.30 bits per heavy atom. The van der Waals surface area contributed by atoms with Gasteiger partial charge in [0.2, 0.25) is 0 Å². The largest absolute Gasteiger partial charge is 0.481 e. The highest BCUT2D eigenvalue weighted by molar-refractivity contribution is 5.72. The highest BCUT2D eigenvalue weighted by Crippen LogP contribution is 2.09. The third-order valence-electron chi connectivity index (χ3n) is 3.84. The minimum absolute atomic E-state index is 0.134. The van der Waals surface area contributed by atoms with Gasteiger partial charge in [0.25, 0.3) is 0 Å².